The first-order valence-electron chi connectivity index (χ1n) is 10.8. The molecule has 0 saturated heterocycles. The first kappa shape index (κ1) is 19.3. The van der Waals surface area contributed by atoms with Crippen LogP contribution < -0.4 is 5.56 Å². The molecular formula is C24H21N5O2S. The van der Waals surface area contributed by atoms with Crippen LogP contribution in [0.2, 0.25) is 0 Å². The SMILES string of the molecule is Cc1ccc(-n2c(=O)c3ccccc3n3c(SCc4noc5c4CCCC5)nnc23)cc1. The second-order valence-electron chi connectivity index (χ2n) is 8.14. The Morgan fingerprint density at radius 2 is 1.84 bits per heavy atom. The van der Waals surface area contributed by atoms with Crippen molar-refractivity contribution in [1.82, 2.24) is 24.3 Å². The Morgan fingerprint density at radius 1 is 1.03 bits per heavy atom. The van der Waals surface area contributed by atoms with E-state index in [2.05, 4.69) is 15.4 Å². The van der Waals surface area contributed by atoms with E-state index in [1.165, 1.54) is 12.0 Å². The number of aromatic nitrogens is 5. The molecule has 8 heteroatoms. The highest BCUT2D eigenvalue weighted by Gasteiger charge is 2.22. The fraction of sp³-hybridized carbons (Fsp3) is 0.250. The molecule has 1 aliphatic rings. The number of rotatable bonds is 4. The fourth-order valence-corrected chi connectivity index (χ4v) is 5.29. The first-order valence-corrected chi connectivity index (χ1v) is 11.7. The van der Waals surface area contributed by atoms with Gasteiger partial charge in [-0.2, -0.15) is 0 Å². The van der Waals surface area contributed by atoms with E-state index in [-0.39, 0.29) is 5.56 Å². The molecule has 6 rings (SSSR count). The Morgan fingerprint density at radius 3 is 2.72 bits per heavy atom. The zero-order valence-electron chi connectivity index (χ0n) is 17.6. The monoisotopic (exact) mass is 443 g/mol. The summed E-state index contributed by atoms with van der Waals surface area (Å²) in [6.07, 6.45) is 4.32. The van der Waals surface area contributed by atoms with Gasteiger partial charge < -0.3 is 4.52 Å². The summed E-state index contributed by atoms with van der Waals surface area (Å²) in [7, 11) is 0. The minimum atomic E-state index is -0.105. The maximum absolute atomic E-state index is 13.4. The summed E-state index contributed by atoms with van der Waals surface area (Å²) in [5.41, 5.74) is 4.83. The predicted octanol–water partition coefficient (Wildman–Crippen LogP) is 4.50. The van der Waals surface area contributed by atoms with Gasteiger partial charge in [-0.25, -0.2) is 4.57 Å². The third-order valence-corrected chi connectivity index (χ3v) is 7.00. The standard InChI is InChI=1S/C24H21N5O2S/c1-15-10-12-16(13-11-15)28-22(30)18-7-2-4-8-20(18)29-23(28)25-26-24(29)32-14-19-17-6-3-5-9-21(17)31-27-19/h2,4,7-8,10-13H,3,5-6,9,14H2,1H3. The molecule has 0 spiro atoms. The van der Waals surface area contributed by atoms with Gasteiger partial charge in [-0.15, -0.1) is 10.2 Å². The number of thioether (sulfide) groups is 1. The van der Waals surface area contributed by atoms with E-state index in [1.807, 2.05) is 59.9 Å². The van der Waals surface area contributed by atoms with Crippen LogP contribution >= 0.6 is 11.8 Å². The minimum absolute atomic E-state index is 0.105. The van der Waals surface area contributed by atoms with Crippen molar-refractivity contribution < 1.29 is 4.52 Å². The summed E-state index contributed by atoms with van der Waals surface area (Å²) in [5, 5.41) is 14.6. The highest BCUT2D eigenvalue weighted by molar-refractivity contribution is 7.98. The lowest BCUT2D eigenvalue weighted by atomic mass is 9.97. The number of nitrogens with zero attached hydrogens (tertiary/aromatic N) is 5. The summed E-state index contributed by atoms with van der Waals surface area (Å²) >= 11 is 1.57. The number of benzene rings is 2. The van der Waals surface area contributed by atoms with Crippen LogP contribution in [-0.4, -0.2) is 24.3 Å². The van der Waals surface area contributed by atoms with Gasteiger partial charge in [0.15, 0.2) is 5.16 Å². The number of fused-ring (bicyclic) bond motifs is 4. The average Bonchev–Trinajstić information content (AvgIpc) is 3.43. The summed E-state index contributed by atoms with van der Waals surface area (Å²) in [6, 6.07) is 15.5. The molecule has 32 heavy (non-hydrogen) atoms. The molecular weight excluding hydrogens is 422 g/mol. The molecule has 0 N–H and O–H groups in total. The third kappa shape index (κ3) is 3.05. The summed E-state index contributed by atoms with van der Waals surface area (Å²) in [4.78, 5) is 13.4. The van der Waals surface area contributed by atoms with Crippen LogP contribution in [-0.2, 0) is 18.6 Å². The van der Waals surface area contributed by atoms with Gasteiger partial charge in [0.2, 0.25) is 5.78 Å². The second-order valence-corrected chi connectivity index (χ2v) is 9.08. The molecule has 0 atom stereocenters. The molecule has 0 amide bonds. The molecule has 2 aromatic carbocycles. The topological polar surface area (TPSA) is 78.2 Å². The molecule has 160 valence electrons. The van der Waals surface area contributed by atoms with Crippen LogP contribution in [0.3, 0.4) is 0 Å². The maximum atomic E-state index is 13.4. The molecule has 0 fully saturated rings. The lowest BCUT2D eigenvalue weighted by Gasteiger charge is -2.11. The van der Waals surface area contributed by atoms with Crippen molar-refractivity contribution in [2.45, 2.75) is 43.5 Å². The number of hydrogen-bond donors (Lipinski definition) is 0. The van der Waals surface area contributed by atoms with E-state index >= 15 is 0 Å². The van der Waals surface area contributed by atoms with Gasteiger partial charge in [0, 0.05) is 17.7 Å². The van der Waals surface area contributed by atoms with Gasteiger partial charge in [0.1, 0.15) is 5.76 Å². The van der Waals surface area contributed by atoms with Crippen LogP contribution in [0.15, 0.2) is 63.0 Å². The van der Waals surface area contributed by atoms with E-state index < -0.39 is 0 Å². The van der Waals surface area contributed by atoms with E-state index in [1.54, 1.807) is 16.3 Å². The van der Waals surface area contributed by atoms with Crippen LogP contribution in [0.1, 0.15) is 35.4 Å². The van der Waals surface area contributed by atoms with E-state index in [9.17, 15) is 4.79 Å². The average molecular weight is 444 g/mol. The Balaban J connectivity index is 1.49. The smallest absolute Gasteiger partial charge is 0.267 e. The molecule has 3 aromatic heterocycles. The van der Waals surface area contributed by atoms with Crippen LogP contribution in [0, 0.1) is 6.92 Å². The Kier molecular flexibility index (Phi) is 4.61. The first-order chi connectivity index (χ1) is 15.7. The van der Waals surface area contributed by atoms with Gasteiger partial charge in [0.05, 0.1) is 22.3 Å². The summed E-state index contributed by atoms with van der Waals surface area (Å²) in [6.45, 7) is 2.02. The van der Waals surface area contributed by atoms with Crippen molar-refractivity contribution in [2.75, 3.05) is 0 Å². The Hall–Kier alpha value is -3.39. The van der Waals surface area contributed by atoms with Gasteiger partial charge in [-0.05, 0) is 50.5 Å². The van der Waals surface area contributed by atoms with Gasteiger partial charge in [-0.1, -0.05) is 46.7 Å². The Bertz CT molecular complexity index is 1510. The van der Waals surface area contributed by atoms with Gasteiger partial charge in [-0.3, -0.25) is 9.20 Å². The molecule has 0 radical (unpaired) electrons. The van der Waals surface area contributed by atoms with E-state index in [0.29, 0.717) is 16.9 Å². The molecule has 0 saturated carbocycles. The molecule has 5 aromatic rings. The molecule has 1 aliphatic carbocycles. The highest BCUT2D eigenvalue weighted by atomic mass is 32.2. The lowest BCUT2D eigenvalue weighted by molar-refractivity contribution is 0.369. The third-order valence-electron chi connectivity index (χ3n) is 6.06. The Labute approximate surface area is 188 Å². The molecule has 0 aliphatic heterocycles. The van der Waals surface area contributed by atoms with Crippen molar-refractivity contribution in [3.05, 3.63) is 81.5 Å². The zero-order chi connectivity index (χ0) is 21.7. The van der Waals surface area contributed by atoms with Crippen molar-refractivity contribution in [3.63, 3.8) is 0 Å². The minimum Gasteiger partial charge on any atom is -0.361 e. The lowest BCUT2D eigenvalue weighted by Crippen LogP contribution is -2.21. The van der Waals surface area contributed by atoms with Crippen LogP contribution in [0.5, 0.6) is 0 Å². The summed E-state index contributed by atoms with van der Waals surface area (Å²) in [5.74, 6) is 2.18. The van der Waals surface area contributed by atoms with E-state index in [4.69, 9.17) is 4.52 Å². The second kappa shape index (κ2) is 7.63. The van der Waals surface area contributed by atoms with Crippen molar-refractivity contribution in [3.8, 4) is 5.69 Å². The largest absolute Gasteiger partial charge is 0.361 e. The zero-order valence-corrected chi connectivity index (χ0v) is 18.4. The van der Waals surface area contributed by atoms with E-state index in [0.717, 1.165) is 52.6 Å². The molecule has 3 heterocycles. The normalized spacial score (nSPS) is 13.7. The predicted molar refractivity (Wildman–Crippen MR) is 124 cm³/mol. The van der Waals surface area contributed by atoms with Gasteiger partial charge in [0.25, 0.3) is 5.56 Å². The van der Waals surface area contributed by atoms with Crippen LogP contribution in [0.4, 0.5) is 0 Å². The van der Waals surface area contributed by atoms with Crippen LogP contribution in [0.25, 0.3) is 22.4 Å². The molecule has 0 unspecified atom stereocenters. The van der Waals surface area contributed by atoms with Gasteiger partial charge >= 0.3 is 0 Å². The van der Waals surface area contributed by atoms with Crippen molar-refractivity contribution in [1.29, 1.82) is 0 Å². The molecule has 7 nitrogen and oxygen atoms in total. The number of hydrogen-bond acceptors (Lipinski definition) is 6. The fourth-order valence-electron chi connectivity index (χ4n) is 4.39. The summed E-state index contributed by atoms with van der Waals surface area (Å²) < 4.78 is 9.17. The van der Waals surface area contributed by atoms with Crippen molar-refractivity contribution >= 4 is 28.4 Å². The highest BCUT2D eigenvalue weighted by Crippen LogP contribution is 2.30. The number of aryl methyl sites for hydroxylation is 2. The van der Waals surface area contributed by atoms with Crippen molar-refractivity contribution in [2.24, 2.45) is 0 Å². The number of para-hydroxylation sites is 1. The molecule has 0 bridgehead atoms. The quantitative estimate of drug-likeness (QED) is 0.381. The maximum Gasteiger partial charge on any atom is 0.267 e.